The van der Waals surface area contributed by atoms with Gasteiger partial charge in [-0.2, -0.15) is 0 Å². The van der Waals surface area contributed by atoms with Crippen LogP contribution >= 0.6 is 24.0 Å². The number of carbonyl (C=O) groups is 1. The number of hydrogen-bond donors (Lipinski definition) is 1. The Labute approximate surface area is 90.4 Å². The number of nitro groups is 1. The van der Waals surface area contributed by atoms with E-state index in [2.05, 4.69) is 0 Å². The van der Waals surface area contributed by atoms with Crippen molar-refractivity contribution >= 4 is 40.6 Å². The van der Waals surface area contributed by atoms with Gasteiger partial charge in [-0.05, 0) is 23.7 Å². The molecule has 0 atom stereocenters. The van der Waals surface area contributed by atoms with E-state index < -0.39 is 10.2 Å². The summed E-state index contributed by atoms with van der Waals surface area (Å²) in [7, 11) is 0. The number of nitro benzene ring substituents is 1. The topological polar surface area (TPSA) is 86.2 Å². The minimum Gasteiger partial charge on any atom is -0.399 e. The molecule has 2 N–H and O–H groups in total. The molecular weight excluding hydrogens is 231 g/mol. The largest absolute Gasteiger partial charge is 0.399 e. The number of nitrogen functional groups attached to an aromatic ring is 1. The second-order valence-corrected chi connectivity index (χ2v) is 2.65. The van der Waals surface area contributed by atoms with Gasteiger partial charge in [-0.25, -0.2) is 0 Å². The Balaban J connectivity index is 0.00000169. The monoisotopic (exact) mass is 236 g/mol. The zero-order valence-electron chi connectivity index (χ0n) is 6.77. The normalized spacial score (nSPS) is 8.93. The molecule has 1 rings (SSSR count). The zero-order chi connectivity index (χ0) is 10.0. The third kappa shape index (κ3) is 2.58. The van der Waals surface area contributed by atoms with E-state index in [4.69, 9.17) is 17.3 Å². The van der Waals surface area contributed by atoms with E-state index in [0.717, 1.165) is 6.07 Å². The molecule has 0 radical (unpaired) electrons. The maximum atomic E-state index is 10.7. The number of nitrogens with zero attached hydrogens (tertiary/aromatic N) is 1. The molecule has 7 heteroatoms. The molecule has 0 saturated carbocycles. The van der Waals surface area contributed by atoms with Gasteiger partial charge in [-0.15, -0.1) is 12.4 Å². The van der Waals surface area contributed by atoms with Gasteiger partial charge >= 0.3 is 0 Å². The van der Waals surface area contributed by atoms with Crippen LogP contribution in [0.4, 0.5) is 11.4 Å². The van der Waals surface area contributed by atoms with Gasteiger partial charge in [-0.1, -0.05) is 0 Å². The molecule has 0 aliphatic heterocycles. The van der Waals surface area contributed by atoms with Crippen LogP contribution in [0, 0.1) is 10.1 Å². The van der Waals surface area contributed by atoms with E-state index >= 15 is 0 Å². The Morgan fingerprint density at radius 2 is 2.07 bits per heavy atom. The average Bonchev–Trinajstić information content (AvgIpc) is 2.03. The molecule has 1 aromatic carbocycles. The van der Waals surface area contributed by atoms with Crippen LogP contribution in [-0.4, -0.2) is 10.2 Å². The number of rotatable bonds is 2. The molecule has 76 valence electrons. The van der Waals surface area contributed by atoms with Crippen LogP contribution in [0.3, 0.4) is 0 Å². The van der Waals surface area contributed by atoms with Crippen molar-refractivity contribution in [3.8, 4) is 0 Å². The van der Waals surface area contributed by atoms with Crippen molar-refractivity contribution in [2.75, 3.05) is 5.73 Å². The molecule has 0 heterocycles. The van der Waals surface area contributed by atoms with Crippen molar-refractivity contribution in [2.24, 2.45) is 0 Å². The van der Waals surface area contributed by atoms with Gasteiger partial charge in [-0.3, -0.25) is 14.9 Å². The molecule has 0 aliphatic carbocycles. The second kappa shape index (κ2) is 4.78. The molecule has 0 aliphatic rings. The van der Waals surface area contributed by atoms with Crippen molar-refractivity contribution in [2.45, 2.75) is 0 Å². The van der Waals surface area contributed by atoms with Crippen molar-refractivity contribution in [3.63, 3.8) is 0 Å². The fourth-order valence-electron chi connectivity index (χ4n) is 0.866. The van der Waals surface area contributed by atoms with Crippen LogP contribution in [-0.2, 0) is 0 Å². The molecule has 0 amide bonds. The summed E-state index contributed by atoms with van der Waals surface area (Å²) in [5.74, 6) is 0. The molecule has 0 spiro atoms. The minimum absolute atomic E-state index is 0. The van der Waals surface area contributed by atoms with E-state index in [9.17, 15) is 14.9 Å². The van der Waals surface area contributed by atoms with E-state index in [1.807, 2.05) is 0 Å². The number of halogens is 2. The summed E-state index contributed by atoms with van der Waals surface area (Å²) in [6.07, 6.45) is 0. The van der Waals surface area contributed by atoms with Crippen LogP contribution in [0.5, 0.6) is 0 Å². The highest BCUT2D eigenvalue weighted by atomic mass is 35.5. The molecular formula is C7H6Cl2N2O3. The van der Waals surface area contributed by atoms with Gasteiger partial charge in [0.05, 0.1) is 4.92 Å². The first kappa shape index (κ1) is 12.7. The Morgan fingerprint density at radius 1 is 1.50 bits per heavy atom. The maximum absolute atomic E-state index is 10.7. The van der Waals surface area contributed by atoms with Crippen LogP contribution in [0.15, 0.2) is 18.2 Å². The Morgan fingerprint density at radius 3 is 2.50 bits per heavy atom. The summed E-state index contributed by atoms with van der Waals surface area (Å²) < 4.78 is 0. The maximum Gasteiger partial charge on any atom is 0.283 e. The smallest absolute Gasteiger partial charge is 0.283 e. The first-order valence-corrected chi connectivity index (χ1v) is 3.64. The van der Waals surface area contributed by atoms with Gasteiger partial charge in [0, 0.05) is 11.8 Å². The molecule has 0 fully saturated rings. The SMILES string of the molecule is Cl.Nc1ccc(C(=O)Cl)c([N+](=O)[O-])c1. The van der Waals surface area contributed by atoms with Crippen molar-refractivity contribution in [3.05, 3.63) is 33.9 Å². The van der Waals surface area contributed by atoms with Crippen molar-refractivity contribution in [1.29, 1.82) is 0 Å². The van der Waals surface area contributed by atoms with Gasteiger partial charge in [0.25, 0.3) is 10.9 Å². The number of nitrogens with two attached hydrogens (primary N) is 1. The molecule has 0 saturated heterocycles. The summed E-state index contributed by atoms with van der Waals surface area (Å²) >= 11 is 5.12. The third-order valence-corrected chi connectivity index (χ3v) is 1.63. The van der Waals surface area contributed by atoms with Crippen LogP contribution < -0.4 is 5.73 Å². The van der Waals surface area contributed by atoms with Gasteiger partial charge in [0.15, 0.2) is 0 Å². The van der Waals surface area contributed by atoms with Crippen LogP contribution in [0.25, 0.3) is 0 Å². The van der Waals surface area contributed by atoms with Crippen LogP contribution in [0.2, 0.25) is 0 Å². The molecule has 0 bridgehead atoms. The summed E-state index contributed by atoms with van der Waals surface area (Å²) in [5, 5.41) is 9.55. The fraction of sp³-hybridized carbons (Fsp3) is 0. The van der Waals surface area contributed by atoms with E-state index in [0.29, 0.717) is 0 Å². The summed E-state index contributed by atoms with van der Waals surface area (Å²) in [4.78, 5) is 20.4. The number of anilines is 1. The summed E-state index contributed by atoms with van der Waals surface area (Å²) in [5.41, 5.74) is 5.00. The van der Waals surface area contributed by atoms with Gasteiger partial charge in [0.1, 0.15) is 5.56 Å². The van der Waals surface area contributed by atoms with E-state index in [-0.39, 0.29) is 29.3 Å². The highest BCUT2D eigenvalue weighted by Crippen LogP contribution is 2.22. The Hall–Kier alpha value is -1.33. The first-order chi connectivity index (χ1) is 6.02. The molecule has 1 aromatic rings. The van der Waals surface area contributed by atoms with Crippen molar-refractivity contribution in [1.82, 2.24) is 0 Å². The highest BCUT2D eigenvalue weighted by molar-refractivity contribution is 6.68. The number of carbonyl (C=O) groups excluding carboxylic acids is 1. The van der Waals surface area contributed by atoms with Gasteiger partial charge in [0.2, 0.25) is 0 Å². The quantitative estimate of drug-likeness (QED) is 0.368. The highest BCUT2D eigenvalue weighted by Gasteiger charge is 2.18. The summed E-state index contributed by atoms with van der Waals surface area (Å²) in [6, 6.07) is 3.70. The second-order valence-electron chi connectivity index (χ2n) is 2.31. The number of hydrogen-bond acceptors (Lipinski definition) is 4. The lowest BCUT2D eigenvalue weighted by Gasteiger charge is -1.98. The number of benzene rings is 1. The lowest BCUT2D eigenvalue weighted by atomic mass is 10.2. The predicted molar refractivity (Wildman–Crippen MR) is 54.9 cm³/mol. The fourth-order valence-corrected chi connectivity index (χ4v) is 1.03. The first-order valence-electron chi connectivity index (χ1n) is 3.26. The Kier molecular flexibility index (Phi) is 4.33. The molecule has 14 heavy (non-hydrogen) atoms. The van der Waals surface area contributed by atoms with E-state index in [1.54, 1.807) is 0 Å². The Bertz CT molecular complexity index is 381. The zero-order valence-corrected chi connectivity index (χ0v) is 8.34. The lowest BCUT2D eigenvalue weighted by Crippen LogP contribution is -1.99. The van der Waals surface area contributed by atoms with Gasteiger partial charge < -0.3 is 5.73 Å². The average molecular weight is 237 g/mol. The minimum atomic E-state index is -0.869. The van der Waals surface area contributed by atoms with E-state index in [1.165, 1.54) is 12.1 Å². The lowest BCUT2D eigenvalue weighted by molar-refractivity contribution is -0.385. The van der Waals surface area contributed by atoms with Crippen LogP contribution in [0.1, 0.15) is 10.4 Å². The standard InChI is InChI=1S/C7H5ClN2O3.ClH/c8-7(11)5-2-1-4(9)3-6(5)10(12)13;/h1-3H,9H2;1H. The summed E-state index contributed by atoms with van der Waals surface area (Å²) in [6.45, 7) is 0. The molecule has 0 unspecified atom stereocenters. The molecule has 0 aromatic heterocycles. The van der Waals surface area contributed by atoms with Crippen molar-refractivity contribution < 1.29 is 9.72 Å². The third-order valence-electron chi connectivity index (χ3n) is 1.43. The predicted octanol–water partition coefficient (Wildman–Crippen LogP) is 1.98. The molecule has 5 nitrogen and oxygen atoms in total.